The van der Waals surface area contributed by atoms with Gasteiger partial charge >= 0.3 is 0 Å². The van der Waals surface area contributed by atoms with Crippen LogP contribution in [0.4, 0.5) is 0 Å². The van der Waals surface area contributed by atoms with E-state index in [9.17, 15) is 13.2 Å². The van der Waals surface area contributed by atoms with Crippen molar-refractivity contribution in [3.63, 3.8) is 0 Å². The third-order valence-corrected chi connectivity index (χ3v) is 7.29. The van der Waals surface area contributed by atoms with E-state index in [-0.39, 0.29) is 22.6 Å². The van der Waals surface area contributed by atoms with Crippen molar-refractivity contribution in [1.29, 1.82) is 0 Å². The average molecular weight is 439 g/mol. The lowest BCUT2D eigenvalue weighted by molar-refractivity contribution is -0.126. The third-order valence-electron chi connectivity index (χ3n) is 5.83. The van der Waals surface area contributed by atoms with Crippen LogP contribution in [0.25, 0.3) is 10.9 Å². The Bertz CT molecular complexity index is 1140. The van der Waals surface area contributed by atoms with E-state index in [1.54, 1.807) is 30.6 Å². The molecule has 4 rings (SSSR count). The number of pyridine rings is 2. The van der Waals surface area contributed by atoms with E-state index in [0.29, 0.717) is 18.6 Å². The lowest BCUT2D eigenvalue weighted by Gasteiger charge is -2.27. The van der Waals surface area contributed by atoms with E-state index in [1.807, 2.05) is 30.3 Å². The van der Waals surface area contributed by atoms with Crippen LogP contribution in [0, 0.1) is 11.8 Å². The van der Waals surface area contributed by atoms with Crippen LogP contribution in [0.15, 0.2) is 65.8 Å². The van der Waals surface area contributed by atoms with Crippen LogP contribution in [0.1, 0.15) is 31.4 Å². The highest BCUT2D eigenvalue weighted by molar-refractivity contribution is 7.89. The first kappa shape index (κ1) is 21.4. The van der Waals surface area contributed by atoms with Crippen LogP contribution in [0.2, 0.25) is 0 Å². The standard InChI is InChI=1S/C23H26N4O3S/c28-23(26-16-20-7-1-2-13-24-20)19-11-9-17(10-12-19)15-27-31(29,30)21-8-3-5-18-6-4-14-25-22(18)21/h1-8,13-14,17,19,27H,9-12,15-16H2,(H,26,28). The van der Waals surface area contributed by atoms with Crippen LogP contribution in [-0.4, -0.2) is 30.8 Å². The Morgan fingerprint density at radius 2 is 1.71 bits per heavy atom. The number of para-hydroxylation sites is 1. The van der Waals surface area contributed by atoms with Crippen molar-refractivity contribution in [2.75, 3.05) is 6.54 Å². The molecule has 162 valence electrons. The largest absolute Gasteiger partial charge is 0.350 e. The van der Waals surface area contributed by atoms with Crippen molar-refractivity contribution in [2.24, 2.45) is 11.8 Å². The Labute approximate surface area is 182 Å². The van der Waals surface area contributed by atoms with E-state index in [2.05, 4.69) is 20.0 Å². The fourth-order valence-electron chi connectivity index (χ4n) is 4.05. The number of nitrogens with zero attached hydrogens (tertiary/aromatic N) is 2. The molecule has 0 unspecified atom stereocenters. The first-order valence-electron chi connectivity index (χ1n) is 10.5. The SMILES string of the molecule is O=C(NCc1ccccn1)C1CCC(CNS(=O)(=O)c2cccc3cccnc23)CC1. The van der Waals surface area contributed by atoms with Gasteiger partial charge in [-0.3, -0.25) is 14.8 Å². The Morgan fingerprint density at radius 1 is 0.935 bits per heavy atom. The van der Waals surface area contributed by atoms with Crippen molar-refractivity contribution in [2.45, 2.75) is 37.1 Å². The van der Waals surface area contributed by atoms with Gasteiger partial charge in [0.2, 0.25) is 15.9 Å². The van der Waals surface area contributed by atoms with Crippen molar-refractivity contribution < 1.29 is 13.2 Å². The number of hydrogen-bond acceptors (Lipinski definition) is 5. The second kappa shape index (κ2) is 9.53. The predicted octanol–water partition coefficient (Wildman–Crippen LogP) is 3.03. The molecule has 0 saturated heterocycles. The number of benzene rings is 1. The van der Waals surface area contributed by atoms with Crippen molar-refractivity contribution >= 4 is 26.8 Å². The van der Waals surface area contributed by atoms with Gasteiger partial charge in [0.05, 0.1) is 17.8 Å². The highest BCUT2D eigenvalue weighted by Crippen LogP contribution is 2.29. The molecule has 0 radical (unpaired) electrons. The molecule has 1 fully saturated rings. The fourth-order valence-corrected chi connectivity index (χ4v) is 5.35. The molecule has 1 amide bonds. The van der Waals surface area contributed by atoms with Gasteiger partial charge < -0.3 is 5.32 Å². The topological polar surface area (TPSA) is 101 Å². The summed E-state index contributed by atoms with van der Waals surface area (Å²) >= 11 is 0. The minimum absolute atomic E-state index is 0.0289. The zero-order chi connectivity index (χ0) is 21.7. The minimum atomic E-state index is -3.65. The van der Waals surface area contributed by atoms with Gasteiger partial charge in [-0.15, -0.1) is 0 Å². The summed E-state index contributed by atoms with van der Waals surface area (Å²) in [5.41, 5.74) is 1.31. The van der Waals surface area contributed by atoms with Gasteiger partial charge in [-0.1, -0.05) is 24.3 Å². The summed E-state index contributed by atoms with van der Waals surface area (Å²) in [5, 5.41) is 3.75. The molecule has 8 heteroatoms. The van der Waals surface area contributed by atoms with E-state index >= 15 is 0 Å². The van der Waals surface area contributed by atoms with Gasteiger partial charge in [-0.25, -0.2) is 13.1 Å². The summed E-state index contributed by atoms with van der Waals surface area (Å²) in [7, 11) is -3.65. The van der Waals surface area contributed by atoms with Gasteiger partial charge in [-0.2, -0.15) is 0 Å². The fraction of sp³-hybridized carbons (Fsp3) is 0.348. The Morgan fingerprint density at radius 3 is 2.48 bits per heavy atom. The summed E-state index contributed by atoms with van der Waals surface area (Å²) in [6, 6.07) is 14.4. The van der Waals surface area contributed by atoms with Gasteiger partial charge in [-0.05, 0) is 55.9 Å². The lowest BCUT2D eigenvalue weighted by atomic mass is 9.81. The molecular weight excluding hydrogens is 412 g/mol. The second-order valence-electron chi connectivity index (χ2n) is 7.94. The van der Waals surface area contributed by atoms with Gasteiger partial charge in [0.25, 0.3) is 0 Å². The monoisotopic (exact) mass is 438 g/mol. The van der Waals surface area contributed by atoms with Crippen molar-refractivity contribution in [3.8, 4) is 0 Å². The molecule has 0 spiro atoms. The maximum atomic E-state index is 12.9. The summed E-state index contributed by atoms with van der Waals surface area (Å²) in [6.07, 6.45) is 6.46. The first-order valence-corrected chi connectivity index (χ1v) is 12.0. The zero-order valence-corrected chi connectivity index (χ0v) is 18.0. The quantitative estimate of drug-likeness (QED) is 0.590. The number of aromatic nitrogens is 2. The number of hydrogen-bond donors (Lipinski definition) is 2. The molecule has 2 N–H and O–H groups in total. The lowest BCUT2D eigenvalue weighted by Crippen LogP contribution is -2.36. The minimum Gasteiger partial charge on any atom is -0.350 e. The number of rotatable bonds is 7. The molecule has 2 heterocycles. The van der Waals surface area contributed by atoms with Gasteiger partial charge in [0, 0.05) is 30.2 Å². The van der Waals surface area contributed by atoms with Gasteiger partial charge in [0.15, 0.2) is 0 Å². The molecule has 0 bridgehead atoms. The van der Waals surface area contributed by atoms with Crippen LogP contribution >= 0.6 is 0 Å². The molecule has 1 aromatic carbocycles. The third kappa shape index (κ3) is 5.26. The second-order valence-corrected chi connectivity index (χ2v) is 9.68. The van der Waals surface area contributed by atoms with Crippen molar-refractivity contribution in [3.05, 3.63) is 66.6 Å². The van der Waals surface area contributed by atoms with Crippen LogP contribution < -0.4 is 10.0 Å². The average Bonchev–Trinajstić information content (AvgIpc) is 2.82. The molecule has 1 saturated carbocycles. The number of sulfonamides is 1. The Hall–Kier alpha value is -2.84. The summed E-state index contributed by atoms with van der Waals surface area (Å²) in [6.45, 7) is 0.798. The summed E-state index contributed by atoms with van der Waals surface area (Å²) < 4.78 is 28.5. The van der Waals surface area contributed by atoms with Crippen LogP contribution in [0.3, 0.4) is 0 Å². The molecule has 31 heavy (non-hydrogen) atoms. The number of nitrogens with one attached hydrogen (secondary N) is 2. The number of amides is 1. The highest BCUT2D eigenvalue weighted by Gasteiger charge is 2.27. The number of carbonyl (C=O) groups is 1. The summed E-state index contributed by atoms with van der Waals surface area (Å²) in [5.74, 6) is 0.239. The molecule has 2 aromatic heterocycles. The number of fused-ring (bicyclic) bond motifs is 1. The first-order chi connectivity index (χ1) is 15.0. The van der Waals surface area contributed by atoms with E-state index in [0.717, 1.165) is 36.8 Å². The summed E-state index contributed by atoms with van der Waals surface area (Å²) in [4.78, 5) is 21.1. The smallest absolute Gasteiger partial charge is 0.242 e. The maximum absolute atomic E-state index is 12.9. The van der Waals surface area contributed by atoms with Crippen molar-refractivity contribution in [1.82, 2.24) is 20.0 Å². The van der Waals surface area contributed by atoms with E-state index in [4.69, 9.17) is 0 Å². The molecule has 1 aliphatic rings. The molecule has 1 aliphatic carbocycles. The van der Waals surface area contributed by atoms with Gasteiger partial charge in [0.1, 0.15) is 4.90 Å². The predicted molar refractivity (Wildman–Crippen MR) is 118 cm³/mol. The number of carbonyl (C=O) groups excluding carboxylic acids is 1. The molecule has 0 atom stereocenters. The highest BCUT2D eigenvalue weighted by atomic mass is 32.2. The Kier molecular flexibility index (Phi) is 6.58. The molecule has 7 nitrogen and oxygen atoms in total. The van der Waals surface area contributed by atoms with Crippen LogP contribution in [0.5, 0.6) is 0 Å². The normalized spacial score (nSPS) is 19.2. The molecule has 0 aliphatic heterocycles. The maximum Gasteiger partial charge on any atom is 0.242 e. The molecular formula is C23H26N4O3S. The van der Waals surface area contributed by atoms with E-state index in [1.165, 1.54) is 0 Å². The molecule has 3 aromatic rings. The Balaban J connectivity index is 1.28. The zero-order valence-electron chi connectivity index (χ0n) is 17.2. The van der Waals surface area contributed by atoms with E-state index < -0.39 is 10.0 Å². The van der Waals surface area contributed by atoms with Crippen LogP contribution in [-0.2, 0) is 21.4 Å².